The second kappa shape index (κ2) is 9.29. The van der Waals surface area contributed by atoms with E-state index in [-0.39, 0.29) is 13.7 Å². The number of nitrogens with one attached hydrogen (secondary N) is 3. The lowest BCUT2D eigenvalue weighted by molar-refractivity contribution is 0.475. The van der Waals surface area contributed by atoms with Crippen molar-refractivity contribution >= 4 is 58.9 Å². The standard InChI is InChI=1S/C25H22ClN6OP/c1-34(2)22-9-4-3-8-21(22)29-24-19(26)14-27-25(30-24)28-16-10-11-20-18(13-16)23(32-31-20)15-6-5-7-17(33)12-15/h3-14,33H,1-2H3,(H,31,32)(H2,27,28,29,30). The van der Waals surface area contributed by atoms with Crippen LogP contribution in [0.2, 0.25) is 5.02 Å². The minimum absolute atomic E-state index is 0.192. The zero-order valence-corrected chi connectivity index (χ0v) is 20.2. The van der Waals surface area contributed by atoms with Gasteiger partial charge in [-0.25, -0.2) is 4.98 Å². The number of phenolic OH excluding ortho intramolecular Hbond substituents is 1. The van der Waals surface area contributed by atoms with Gasteiger partial charge in [-0.2, -0.15) is 10.1 Å². The number of aromatic hydroxyl groups is 1. The molecule has 34 heavy (non-hydrogen) atoms. The second-order valence-corrected chi connectivity index (χ2v) is 10.6. The molecule has 3 aromatic carbocycles. The highest BCUT2D eigenvalue weighted by atomic mass is 35.5. The molecule has 0 atom stereocenters. The van der Waals surface area contributed by atoms with Crippen LogP contribution in [0.25, 0.3) is 22.2 Å². The van der Waals surface area contributed by atoms with Gasteiger partial charge >= 0.3 is 0 Å². The number of hydrogen-bond donors (Lipinski definition) is 4. The third-order valence-corrected chi connectivity index (χ3v) is 6.95. The van der Waals surface area contributed by atoms with E-state index >= 15 is 0 Å². The fourth-order valence-corrected chi connectivity index (χ4v) is 4.84. The van der Waals surface area contributed by atoms with Crippen molar-refractivity contribution in [2.24, 2.45) is 0 Å². The van der Waals surface area contributed by atoms with Crippen LogP contribution in [-0.4, -0.2) is 38.6 Å². The van der Waals surface area contributed by atoms with Crippen LogP contribution in [0.3, 0.4) is 0 Å². The minimum Gasteiger partial charge on any atom is -0.508 e. The van der Waals surface area contributed by atoms with E-state index in [0.717, 1.165) is 33.5 Å². The Bertz CT molecular complexity index is 1490. The quantitative estimate of drug-likeness (QED) is 0.211. The van der Waals surface area contributed by atoms with Gasteiger partial charge in [0.05, 0.1) is 11.7 Å². The van der Waals surface area contributed by atoms with Gasteiger partial charge in [0.25, 0.3) is 0 Å². The Balaban J connectivity index is 1.45. The number of para-hydroxylation sites is 1. The lowest BCUT2D eigenvalue weighted by atomic mass is 10.1. The van der Waals surface area contributed by atoms with Gasteiger partial charge in [0.15, 0.2) is 5.82 Å². The monoisotopic (exact) mass is 488 g/mol. The first-order valence-electron chi connectivity index (χ1n) is 10.6. The third kappa shape index (κ3) is 4.53. The normalized spacial score (nSPS) is 11.2. The molecule has 0 saturated heterocycles. The lowest BCUT2D eigenvalue weighted by Crippen LogP contribution is -2.09. The maximum atomic E-state index is 9.85. The fourth-order valence-electron chi connectivity index (χ4n) is 3.71. The van der Waals surface area contributed by atoms with E-state index in [2.05, 4.69) is 50.2 Å². The van der Waals surface area contributed by atoms with E-state index < -0.39 is 0 Å². The molecular formula is C25H22ClN6OP. The molecule has 0 saturated carbocycles. The molecule has 2 aromatic heterocycles. The first-order valence-corrected chi connectivity index (χ1v) is 13.2. The Morgan fingerprint density at radius 1 is 0.971 bits per heavy atom. The SMILES string of the molecule is CP(C)c1ccccc1Nc1nc(Nc2ccc3[nH]nc(-c4cccc(O)c4)c3c2)ncc1Cl. The number of benzene rings is 3. The van der Waals surface area contributed by atoms with Crippen LogP contribution in [0, 0.1) is 0 Å². The van der Waals surface area contributed by atoms with Crippen molar-refractivity contribution in [1.29, 1.82) is 0 Å². The van der Waals surface area contributed by atoms with E-state index in [1.54, 1.807) is 24.4 Å². The van der Waals surface area contributed by atoms with Gasteiger partial charge < -0.3 is 15.7 Å². The summed E-state index contributed by atoms with van der Waals surface area (Å²) in [6, 6.07) is 21.0. The first kappa shape index (κ1) is 22.1. The van der Waals surface area contributed by atoms with Crippen LogP contribution in [-0.2, 0) is 0 Å². The Hall–Kier alpha value is -3.67. The lowest BCUT2D eigenvalue weighted by Gasteiger charge is -2.15. The Morgan fingerprint density at radius 3 is 2.65 bits per heavy atom. The number of rotatable bonds is 6. The summed E-state index contributed by atoms with van der Waals surface area (Å²) >= 11 is 6.40. The number of aromatic nitrogens is 4. The van der Waals surface area contributed by atoms with Crippen LogP contribution in [0.5, 0.6) is 5.75 Å². The first-order chi connectivity index (χ1) is 16.5. The molecule has 0 unspecified atom stereocenters. The highest BCUT2D eigenvalue weighted by Crippen LogP contribution is 2.33. The van der Waals surface area contributed by atoms with Gasteiger partial charge in [0.2, 0.25) is 5.95 Å². The largest absolute Gasteiger partial charge is 0.508 e. The molecule has 5 rings (SSSR count). The Kier molecular flexibility index (Phi) is 6.05. The molecule has 0 spiro atoms. The smallest absolute Gasteiger partial charge is 0.229 e. The third-order valence-electron chi connectivity index (χ3n) is 5.32. The van der Waals surface area contributed by atoms with Gasteiger partial charge in [-0.1, -0.05) is 49.9 Å². The summed E-state index contributed by atoms with van der Waals surface area (Å²) in [6.07, 6.45) is 1.58. The van der Waals surface area contributed by atoms with E-state index in [9.17, 15) is 5.11 Å². The summed E-state index contributed by atoms with van der Waals surface area (Å²) in [7, 11) is -0.296. The number of anilines is 4. The number of phenols is 1. The number of aromatic amines is 1. The highest BCUT2D eigenvalue weighted by Gasteiger charge is 2.13. The summed E-state index contributed by atoms with van der Waals surface area (Å²) in [4.78, 5) is 8.96. The summed E-state index contributed by atoms with van der Waals surface area (Å²) < 4.78 is 0. The molecule has 0 radical (unpaired) electrons. The molecule has 0 amide bonds. The molecule has 5 aromatic rings. The van der Waals surface area contributed by atoms with Gasteiger partial charge in [0.1, 0.15) is 16.5 Å². The van der Waals surface area contributed by atoms with Gasteiger partial charge in [0, 0.05) is 22.3 Å². The minimum atomic E-state index is -0.296. The molecule has 0 aliphatic carbocycles. The van der Waals surface area contributed by atoms with Gasteiger partial charge in [-0.3, -0.25) is 5.10 Å². The molecule has 2 heterocycles. The molecule has 9 heteroatoms. The molecule has 7 nitrogen and oxygen atoms in total. The summed E-state index contributed by atoms with van der Waals surface area (Å²) in [6.45, 7) is 4.42. The zero-order chi connectivity index (χ0) is 23.7. The topological polar surface area (TPSA) is 98.8 Å². The van der Waals surface area contributed by atoms with E-state index in [4.69, 9.17) is 11.6 Å². The van der Waals surface area contributed by atoms with Gasteiger partial charge in [-0.15, -0.1) is 0 Å². The van der Waals surface area contributed by atoms with Crippen molar-refractivity contribution < 1.29 is 5.11 Å². The average Bonchev–Trinajstić information content (AvgIpc) is 3.25. The molecule has 0 fully saturated rings. The summed E-state index contributed by atoms with van der Waals surface area (Å²) in [5.41, 5.74) is 4.25. The Morgan fingerprint density at radius 2 is 1.82 bits per heavy atom. The highest BCUT2D eigenvalue weighted by molar-refractivity contribution is 7.64. The number of fused-ring (bicyclic) bond motifs is 1. The van der Waals surface area contributed by atoms with E-state index in [1.807, 2.05) is 42.5 Å². The number of halogens is 1. The molecule has 170 valence electrons. The van der Waals surface area contributed by atoms with Crippen LogP contribution in [0.4, 0.5) is 23.1 Å². The van der Waals surface area contributed by atoms with Crippen molar-refractivity contribution in [1.82, 2.24) is 20.2 Å². The van der Waals surface area contributed by atoms with Crippen molar-refractivity contribution in [3.63, 3.8) is 0 Å². The van der Waals surface area contributed by atoms with Crippen molar-refractivity contribution in [3.8, 4) is 17.0 Å². The molecule has 0 aliphatic heterocycles. The van der Waals surface area contributed by atoms with Crippen LogP contribution in [0.1, 0.15) is 0 Å². The average molecular weight is 489 g/mol. The maximum Gasteiger partial charge on any atom is 0.229 e. The number of hydrogen-bond acceptors (Lipinski definition) is 6. The zero-order valence-electron chi connectivity index (χ0n) is 18.5. The van der Waals surface area contributed by atoms with Crippen molar-refractivity contribution in [2.45, 2.75) is 0 Å². The summed E-state index contributed by atoms with van der Waals surface area (Å²) in [5.74, 6) is 1.15. The molecule has 0 bridgehead atoms. The maximum absolute atomic E-state index is 9.85. The number of H-pyrrole nitrogens is 1. The Labute approximate surface area is 203 Å². The van der Waals surface area contributed by atoms with Crippen LogP contribution in [0.15, 0.2) is 72.9 Å². The van der Waals surface area contributed by atoms with Crippen molar-refractivity contribution in [2.75, 3.05) is 24.0 Å². The second-order valence-electron chi connectivity index (χ2n) is 7.93. The number of nitrogens with zero attached hydrogens (tertiary/aromatic N) is 3. The summed E-state index contributed by atoms with van der Waals surface area (Å²) in [5, 5.41) is 26.5. The van der Waals surface area contributed by atoms with E-state index in [1.165, 1.54) is 5.30 Å². The molecule has 4 N–H and O–H groups in total. The molecular weight excluding hydrogens is 467 g/mol. The van der Waals surface area contributed by atoms with Crippen molar-refractivity contribution in [3.05, 3.63) is 77.9 Å². The predicted octanol–water partition coefficient (Wildman–Crippen LogP) is 6.23. The fraction of sp³-hybridized carbons (Fsp3) is 0.0800. The van der Waals surface area contributed by atoms with E-state index in [0.29, 0.717) is 16.8 Å². The molecule has 0 aliphatic rings. The van der Waals surface area contributed by atoms with Gasteiger partial charge in [-0.05, 0) is 55.0 Å². The van der Waals surface area contributed by atoms with Crippen LogP contribution >= 0.6 is 19.5 Å². The van der Waals surface area contributed by atoms with Crippen LogP contribution < -0.4 is 15.9 Å². The predicted molar refractivity (Wildman–Crippen MR) is 142 cm³/mol.